The van der Waals surface area contributed by atoms with Crippen LogP contribution >= 0.6 is 0 Å². The van der Waals surface area contributed by atoms with Crippen molar-refractivity contribution in [2.75, 3.05) is 18.0 Å². The fourth-order valence-electron chi connectivity index (χ4n) is 2.15. The van der Waals surface area contributed by atoms with Crippen molar-refractivity contribution in [1.29, 1.82) is 0 Å². The molecule has 1 aliphatic rings. The number of nitrogens with zero attached hydrogens (tertiary/aromatic N) is 3. The first-order valence-corrected chi connectivity index (χ1v) is 5.95. The average molecular weight is 276 g/mol. The van der Waals surface area contributed by atoms with E-state index in [1.807, 2.05) is 0 Å². The number of piperidine rings is 1. The zero-order valence-electron chi connectivity index (χ0n) is 10.4. The highest BCUT2D eigenvalue weighted by Crippen LogP contribution is 2.28. The summed E-state index contributed by atoms with van der Waals surface area (Å²) < 4.78 is 39.1. The fraction of sp³-hybridized carbons (Fsp3) is 0.636. The minimum atomic E-state index is -4.62. The number of rotatable bonds is 1. The normalized spacial score (nSPS) is 20.7. The van der Waals surface area contributed by atoms with Crippen LogP contribution < -0.4 is 16.2 Å². The number of alkyl halides is 3. The van der Waals surface area contributed by atoms with Crippen LogP contribution in [0.3, 0.4) is 0 Å². The van der Waals surface area contributed by atoms with Gasteiger partial charge in [-0.2, -0.15) is 13.2 Å². The van der Waals surface area contributed by atoms with Gasteiger partial charge in [-0.15, -0.1) is 0 Å². The third kappa shape index (κ3) is 2.89. The Kier molecular flexibility index (Phi) is 3.53. The van der Waals surface area contributed by atoms with E-state index in [-0.39, 0.29) is 12.0 Å². The summed E-state index contributed by atoms with van der Waals surface area (Å²) in [7, 11) is 1.41. The molecule has 1 aromatic rings. The molecule has 1 aromatic heterocycles. The number of hydrogen-bond donors (Lipinski definition) is 1. The van der Waals surface area contributed by atoms with E-state index in [0.717, 1.165) is 17.4 Å². The highest BCUT2D eigenvalue weighted by Gasteiger charge is 2.34. The van der Waals surface area contributed by atoms with E-state index in [4.69, 9.17) is 5.73 Å². The Balaban J connectivity index is 2.44. The molecular formula is C11H15F3N4O. The molecule has 2 rings (SSSR count). The molecule has 1 saturated heterocycles. The summed E-state index contributed by atoms with van der Waals surface area (Å²) in [5, 5.41) is 0. The van der Waals surface area contributed by atoms with Gasteiger partial charge in [0.1, 0.15) is 0 Å². The van der Waals surface area contributed by atoms with Gasteiger partial charge >= 0.3 is 6.18 Å². The van der Waals surface area contributed by atoms with Crippen molar-refractivity contribution in [3.8, 4) is 0 Å². The maximum Gasteiger partial charge on any atom is 0.433 e. The van der Waals surface area contributed by atoms with Crippen molar-refractivity contribution in [1.82, 2.24) is 9.55 Å². The van der Waals surface area contributed by atoms with Gasteiger partial charge in [0.05, 0.1) is 0 Å². The van der Waals surface area contributed by atoms with Crippen molar-refractivity contribution < 1.29 is 13.2 Å². The number of halogens is 3. The van der Waals surface area contributed by atoms with Crippen LogP contribution in [0.25, 0.3) is 0 Å². The van der Waals surface area contributed by atoms with Crippen molar-refractivity contribution >= 4 is 5.95 Å². The lowest BCUT2D eigenvalue weighted by molar-refractivity contribution is -0.141. The number of aromatic nitrogens is 2. The van der Waals surface area contributed by atoms with Gasteiger partial charge in [-0.1, -0.05) is 0 Å². The Bertz CT molecular complexity index is 526. The Labute approximate surface area is 107 Å². The molecule has 0 aliphatic carbocycles. The number of anilines is 1. The van der Waals surface area contributed by atoms with Crippen LogP contribution in [-0.2, 0) is 13.2 Å². The molecule has 0 amide bonds. The quantitative estimate of drug-likeness (QED) is 0.821. The molecule has 0 saturated carbocycles. The van der Waals surface area contributed by atoms with E-state index in [0.29, 0.717) is 19.2 Å². The Morgan fingerprint density at radius 3 is 2.74 bits per heavy atom. The molecule has 0 bridgehead atoms. The average Bonchev–Trinajstić information content (AvgIpc) is 2.31. The molecule has 1 aliphatic heterocycles. The molecule has 0 aromatic carbocycles. The van der Waals surface area contributed by atoms with Crippen LogP contribution in [0.5, 0.6) is 0 Å². The lowest BCUT2D eigenvalue weighted by atomic mass is 10.1. The van der Waals surface area contributed by atoms with Gasteiger partial charge in [-0.05, 0) is 12.8 Å². The first-order chi connectivity index (χ1) is 8.79. The molecule has 5 nitrogen and oxygen atoms in total. The van der Waals surface area contributed by atoms with Crippen molar-refractivity contribution in [2.45, 2.75) is 25.1 Å². The molecular weight excluding hydrogens is 261 g/mol. The fourth-order valence-corrected chi connectivity index (χ4v) is 2.15. The second-order valence-corrected chi connectivity index (χ2v) is 4.68. The van der Waals surface area contributed by atoms with Gasteiger partial charge in [0.25, 0.3) is 5.56 Å². The van der Waals surface area contributed by atoms with Crippen LogP contribution in [0.4, 0.5) is 19.1 Å². The van der Waals surface area contributed by atoms with Crippen LogP contribution in [0.15, 0.2) is 10.9 Å². The van der Waals surface area contributed by atoms with Crippen LogP contribution in [0, 0.1) is 0 Å². The smallest absolute Gasteiger partial charge is 0.341 e. The zero-order chi connectivity index (χ0) is 14.2. The van der Waals surface area contributed by atoms with Gasteiger partial charge in [0.2, 0.25) is 5.95 Å². The maximum atomic E-state index is 12.7. The Hall–Kier alpha value is -1.57. The predicted molar refractivity (Wildman–Crippen MR) is 63.9 cm³/mol. The van der Waals surface area contributed by atoms with Crippen molar-refractivity contribution in [2.24, 2.45) is 12.8 Å². The van der Waals surface area contributed by atoms with E-state index >= 15 is 0 Å². The largest absolute Gasteiger partial charge is 0.433 e. The van der Waals surface area contributed by atoms with Crippen molar-refractivity contribution in [3.63, 3.8) is 0 Å². The maximum absolute atomic E-state index is 12.7. The zero-order valence-corrected chi connectivity index (χ0v) is 10.4. The first kappa shape index (κ1) is 13.9. The minimum Gasteiger partial charge on any atom is -0.341 e. The predicted octanol–water partition coefficient (Wildman–Crippen LogP) is 0.727. The topological polar surface area (TPSA) is 64.2 Å². The second kappa shape index (κ2) is 4.84. The van der Waals surface area contributed by atoms with Gasteiger partial charge in [-0.3, -0.25) is 9.36 Å². The lowest BCUT2D eigenvalue weighted by Crippen LogP contribution is -2.45. The lowest BCUT2D eigenvalue weighted by Gasteiger charge is -2.32. The third-order valence-electron chi connectivity index (χ3n) is 3.14. The second-order valence-electron chi connectivity index (χ2n) is 4.68. The monoisotopic (exact) mass is 276 g/mol. The Morgan fingerprint density at radius 2 is 2.16 bits per heavy atom. The minimum absolute atomic E-state index is 0.0231. The summed E-state index contributed by atoms with van der Waals surface area (Å²) in [6, 6.07) is 0.396. The summed E-state index contributed by atoms with van der Waals surface area (Å²) in [6.45, 7) is 0.955. The van der Waals surface area contributed by atoms with Crippen LogP contribution in [0.2, 0.25) is 0 Å². The van der Waals surface area contributed by atoms with Crippen molar-refractivity contribution in [3.05, 3.63) is 22.1 Å². The Morgan fingerprint density at radius 1 is 1.47 bits per heavy atom. The van der Waals surface area contributed by atoms with E-state index < -0.39 is 17.4 Å². The third-order valence-corrected chi connectivity index (χ3v) is 3.14. The van der Waals surface area contributed by atoms with Gasteiger partial charge in [-0.25, -0.2) is 4.98 Å². The van der Waals surface area contributed by atoms with Gasteiger partial charge in [0, 0.05) is 32.2 Å². The summed E-state index contributed by atoms with van der Waals surface area (Å²) in [6.07, 6.45) is -3.03. The molecule has 1 atom stereocenters. The van der Waals surface area contributed by atoms with E-state index in [1.54, 1.807) is 4.90 Å². The standard InChI is InChI=1S/C11H15F3N4O/c1-17-9(19)5-8(11(12,13)14)16-10(17)18-4-2-3-7(15)6-18/h5,7H,2-4,6,15H2,1H3. The molecule has 1 unspecified atom stereocenters. The number of hydrogen-bond acceptors (Lipinski definition) is 4. The summed E-state index contributed by atoms with van der Waals surface area (Å²) in [5.74, 6) is 0.0231. The molecule has 8 heteroatoms. The summed E-state index contributed by atoms with van der Waals surface area (Å²) in [4.78, 5) is 16.8. The van der Waals surface area contributed by atoms with Crippen LogP contribution in [0.1, 0.15) is 18.5 Å². The number of nitrogens with two attached hydrogens (primary N) is 1. The SMILES string of the molecule is Cn1c(N2CCCC(N)C2)nc(C(F)(F)F)cc1=O. The molecule has 19 heavy (non-hydrogen) atoms. The van der Waals surface area contributed by atoms with Gasteiger partial charge in [0.15, 0.2) is 5.69 Å². The molecule has 2 heterocycles. The molecule has 0 radical (unpaired) electrons. The van der Waals surface area contributed by atoms with Gasteiger partial charge < -0.3 is 10.6 Å². The van der Waals surface area contributed by atoms with E-state index in [9.17, 15) is 18.0 Å². The van der Waals surface area contributed by atoms with E-state index in [2.05, 4.69) is 4.98 Å². The summed E-state index contributed by atoms with van der Waals surface area (Å²) in [5.41, 5.74) is 3.91. The highest BCUT2D eigenvalue weighted by atomic mass is 19.4. The molecule has 1 fully saturated rings. The molecule has 106 valence electrons. The first-order valence-electron chi connectivity index (χ1n) is 5.95. The van der Waals surface area contributed by atoms with E-state index in [1.165, 1.54) is 7.05 Å². The molecule has 2 N–H and O–H groups in total. The molecule has 0 spiro atoms. The summed E-state index contributed by atoms with van der Waals surface area (Å²) >= 11 is 0. The highest BCUT2D eigenvalue weighted by molar-refractivity contribution is 5.33. The van der Waals surface area contributed by atoms with Crippen LogP contribution in [-0.4, -0.2) is 28.7 Å².